The minimum Gasteiger partial charge on any atom is -0.444 e. The molecule has 0 N–H and O–H groups in total. The van der Waals surface area contributed by atoms with Crippen molar-refractivity contribution in [3.63, 3.8) is 0 Å². The quantitative estimate of drug-likeness (QED) is 0.801. The molecule has 1 amide bonds. The van der Waals surface area contributed by atoms with Gasteiger partial charge in [-0.2, -0.15) is 4.31 Å². The molecule has 1 aliphatic rings. The molecular weight excluding hydrogens is 347 g/mol. The smallest absolute Gasteiger partial charge is 0.410 e. The van der Waals surface area contributed by atoms with Gasteiger partial charge in [-0.1, -0.05) is 6.07 Å². The number of nitrogens with zero attached hydrogens (tertiary/aromatic N) is 2. The molecule has 0 bridgehead atoms. The van der Waals surface area contributed by atoms with E-state index in [9.17, 15) is 17.6 Å². The first-order valence-electron chi connectivity index (χ1n) is 8.20. The van der Waals surface area contributed by atoms with Crippen LogP contribution >= 0.6 is 0 Å². The highest BCUT2D eigenvalue weighted by Crippen LogP contribution is 2.26. The molecule has 1 aliphatic heterocycles. The maximum Gasteiger partial charge on any atom is 0.410 e. The Bertz CT molecular complexity index is 745. The molecule has 0 spiro atoms. The lowest BCUT2D eigenvalue weighted by atomic mass is 10.1. The fourth-order valence-corrected chi connectivity index (χ4v) is 4.51. The maximum atomic E-state index is 13.4. The van der Waals surface area contributed by atoms with Crippen LogP contribution in [0.2, 0.25) is 0 Å². The van der Waals surface area contributed by atoms with Gasteiger partial charge in [-0.15, -0.1) is 0 Å². The van der Waals surface area contributed by atoms with Crippen molar-refractivity contribution >= 4 is 16.1 Å². The van der Waals surface area contributed by atoms with E-state index in [0.29, 0.717) is 0 Å². The van der Waals surface area contributed by atoms with E-state index in [1.807, 2.05) is 0 Å². The fraction of sp³-hybridized carbons (Fsp3) is 0.588. The molecular formula is C17H25FN2O4S. The number of benzene rings is 1. The number of hydrogen-bond acceptors (Lipinski definition) is 4. The second-order valence-corrected chi connectivity index (χ2v) is 9.12. The molecule has 1 fully saturated rings. The summed E-state index contributed by atoms with van der Waals surface area (Å²) in [5, 5.41) is 0. The van der Waals surface area contributed by atoms with E-state index in [1.165, 1.54) is 27.4 Å². The summed E-state index contributed by atoms with van der Waals surface area (Å²) >= 11 is 0. The van der Waals surface area contributed by atoms with Gasteiger partial charge in [0.25, 0.3) is 0 Å². The molecule has 8 heteroatoms. The lowest BCUT2D eigenvalue weighted by molar-refractivity contribution is 0.000106. The number of sulfonamides is 1. The topological polar surface area (TPSA) is 66.9 Å². The zero-order chi connectivity index (χ0) is 19.0. The normalized spacial score (nSPS) is 22.7. The van der Waals surface area contributed by atoms with Crippen LogP contribution in [0.4, 0.5) is 9.18 Å². The largest absolute Gasteiger partial charge is 0.444 e. The first kappa shape index (κ1) is 19.7. The summed E-state index contributed by atoms with van der Waals surface area (Å²) < 4.78 is 45.8. The minimum absolute atomic E-state index is 0.0859. The molecule has 1 saturated heterocycles. The van der Waals surface area contributed by atoms with Gasteiger partial charge < -0.3 is 9.64 Å². The molecule has 1 aromatic carbocycles. The Morgan fingerprint density at radius 2 is 1.84 bits per heavy atom. The molecule has 2 atom stereocenters. The summed E-state index contributed by atoms with van der Waals surface area (Å²) in [6, 6.07) is 4.11. The van der Waals surface area contributed by atoms with Gasteiger partial charge in [0.1, 0.15) is 11.4 Å². The zero-order valence-corrected chi connectivity index (χ0v) is 16.0. The number of ether oxygens (including phenoxy) is 1. The van der Waals surface area contributed by atoms with Crippen molar-refractivity contribution < 1.29 is 22.3 Å². The Balaban J connectivity index is 2.21. The molecule has 6 nitrogen and oxygen atoms in total. The Morgan fingerprint density at radius 3 is 2.40 bits per heavy atom. The van der Waals surface area contributed by atoms with Crippen molar-refractivity contribution in [2.24, 2.45) is 0 Å². The van der Waals surface area contributed by atoms with Gasteiger partial charge in [-0.3, -0.25) is 0 Å². The van der Waals surface area contributed by atoms with Crippen LogP contribution in [0.15, 0.2) is 29.2 Å². The average molecular weight is 372 g/mol. The number of piperazine rings is 1. The Morgan fingerprint density at radius 1 is 1.20 bits per heavy atom. The molecule has 1 aromatic rings. The summed E-state index contributed by atoms with van der Waals surface area (Å²) in [4.78, 5) is 13.8. The Labute approximate surface area is 148 Å². The van der Waals surface area contributed by atoms with Crippen LogP contribution in [0.5, 0.6) is 0 Å². The van der Waals surface area contributed by atoms with Gasteiger partial charge in [0, 0.05) is 25.2 Å². The number of halogens is 1. The van der Waals surface area contributed by atoms with Gasteiger partial charge in [0.15, 0.2) is 0 Å². The van der Waals surface area contributed by atoms with Crippen LogP contribution in [0.25, 0.3) is 0 Å². The number of amides is 1. The van der Waals surface area contributed by atoms with E-state index >= 15 is 0 Å². The standard InChI is InChI=1S/C17H25FN2O4S/c1-12-13(2)20(10-9-19(12)16(21)24-17(3,4)5)25(22,23)15-8-6-7-14(18)11-15/h6-8,11-13H,9-10H2,1-5H3/t12-,13+/m0/s1. The monoisotopic (exact) mass is 372 g/mol. The molecule has 0 aliphatic carbocycles. The number of rotatable bonds is 2. The van der Waals surface area contributed by atoms with E-state index in [4.69, 9.17) is 4.74 Å². The predicted molar refractivity (Wildman–Crippen MR) is 92.2 cm³/mol. The number of carbonyl (C=O) groups is 1. The first-order valence-corrected chi connectivity index (χ1v) is 9.64. The Hall–Kier alpha value is -1.67. The molecule has 0 saturated carbocycles. The summed E-state index contributed by atoms with van der Waals surface area (Å²) in [7, 11) is -3.84. The van der Waals surface area contributed by atoms with Gasteiger partial charge in [0.05, 0.1) is 4.90 Å². The van der Waals surface area contributed by atoms with Crippen molar-refractivity contribution in [2.75, 3.05) is 13.1 Å². The van der Waals surface area contributed by atoms with Crippen molar-refractivity contribution in [1.29, 1.82) is 0 Å². The molecule has 140 valence electrons. The molecule has 0 radical (unpaired) electrons. The second kappa shape index (κ2) is 6.92. The maximum absolute atomic E-state index is 13.4. The van der Waals surface area contributed by atoms with E-state index in [0.717, 1.165) is 6.07 Å². The predicted octanol–water partition coefficient (Wildman–Crippen LogP) is 2.84. The van der Waals surface area contributed by atoms with Gasteiger partial charge in [-0.25, -0.2) is 17.6 Å². The van der Waals surface area contributed by atoms with Crippen LogP contribution in [0, 0.1) is 5.82 Å². The van der Waals surface area contributed by atoms with Crippen LogP contribution in [-0.2, 0) is 14.8 Å². The van der Waals surface area contributed by atoms with Crippen molar-refractivity contribution in [3.05, 3.63) is 30.1 Å². The summed E-state index contributed by atoms with van der Waals surface area (Å²) in [5.74, 6) is -0.603. The number of hydrogen-bond donors (Lipinski definition) is 0. The highest BCUT2D eigenvalue weighted by atomic mass is 32.2. The zero-order valence-electron chi connectivity index (χ0n) is 15.2. The van der Waals surface area contributed by atoms with Gasteiger partial charge in [0.2, 0.25) is 10.0 Å². The van der Waals surface area contributed by atoms with E-state index in [2.05, 4.69) is 0 Å². The lowest BCUT2D eigenvalue weighted by Gasteiger charge is -2.44. The molecule has 25 heavy (non-hydrogen) atoms. The summed E-state index contributed by atoms with van der Waals surface area (Å²) in [6.45, 7) is 9.20. The summed E-state index contributed by atoms with van der Waals surface area (Å²) in [6.07, 6.45) is -0.463. The van der Waals surface area contributed by atoms with Crippen molar-refractivity contribution in [2.45, 2.75) is 57.2 Å². The van der Waals surface area contributed by atoms with Crippen molar-refractivity contribution in [1.82, 2.24) is 9.21 Å². The third-order valence-corrected chi connectivity index (χ3v) is 6.22. The van der Waals surface area contributed by atoms with Crippen LogP contribution in [-0.4, -0.2) is 54.5 Å². The third-order valence-electron chi connectivity index (χ3n) is 4.24. The average Bonchev–Trinajstić information content (AvgIpc) is 2.47. The molecule has 0 unspecified atom stereocenters. The fourth-order valence-electron chi connectivity index (χ4n) is 2.79. The van der Waals surface area contributed by atoms with E-state index in [-0.39, 0.29) is 24.0 Å². The second-order valence-electron chi connectivity index (χ2n) is 7.23. The molecule has 0 aromatic heterocycles. The van der Waals surface area contributed by atoms with E-state index in [1.54, 1.807) is 34.6 Å². The van der Waals surface area contributed by atoms with Gasteiger partial charge in [-0.05, 0) is 52.8 Å². The third kappa shape index (κ3) is 4.30. The first-order chi connectivity index (χ1) is 11.4. The van der Waals surface area contributed by atoms with E-state index < -0.39 is 33.6 Å². The van der Waals surface area contributed by atoms with Gasteiger partial charge >= 0.3 is 6.09 Å². The molecule has 2 rings (SSSR count). The Kier molecular flexibility index (Phi) is 5.44. The summed E-state index contributed by atoms with van der Waals surface area (Å²) in [5.41, 5.74) is -0.620. The molecule has 1 heterocycles. The highest BCUT2D eigenvalue weighted by molar-refractivity contribution is 7.89. The minimum atomic E-state index is -3.84. The lowest BCUT2D eigenvalue weighted by Crippen LogP contribution is -2.60. The highest BCUT2D eigenvalue weighted by Gasteiger charge is 2.41. The van der Waals surface area contributed by atoms with Crippen LogP contribution in [0.1, 0.15) is 34.6 Å². The number of carbonyl (C=O) groups excluding carboxylic acids is 1. The SMILES string of the molecule is C[C@@H]1[C@H](C)N(C(=O)OC(C)(C)C)CCN1S(=O)(=O)c1cccc(F)c1. The van der Waals surface area contributed by atoms with Crippen LogP contribution < -0.4 is 0 Å². The van der Waals surface area contributed by atoms with Crippen LogP contribution in [0.3, 0.4) is 0 Å². The van der Waals surface area contributed by atoms with Crippen molar-refractivity contribution in [3.8, 4) is 0 Å².